The lowest BCUT2D eigenvalue weighted by atomic mass is 10.2. The highest BCUT2D eigenvalue weighted by Gasteiger charge is 2.10. The first-order valence-electron chi connectivity index (χ1n) is 7.17. The van der Waals surface area contributed by atoms with E-state index in [1.807, 2.05) is 48.5 Å². The number of hydrogen-bond donors (Lipinski definition) is 1. The molecule has 0 atom stereocenters. The number of halogens is 1. The average Bonchev–Trinajstić information content (AvgIpc) is 3.02. The topological polar surface area (TPSA) is 59.8 Å². The Labute approximate surface area is 138 Å². The molecule has 0 saturated carbocycles. The zero-order chi connectivity index (χ0) is 16.1. The number of nitrogens with one attached hydrogen (secondary N) is 1. The van der Waals surface area contributed by atoms with Gasteiger partial charge in [0.05, 0.1) is 12.7 Å². The van der Waals surface area contributed by atoms with Gasteiger partial charge in [0.2, 0.25) is 0 Å². The van der Waals surface area contributed by atoms with E-state index in [2.05, 4.69) is 15.6 Å². The van der Waals surface area contributed by atoms with Crippen molar-refractivity contribution in [3.05, 3.63) is 82.6 Å². The fraction of sp³-hybridized carbons (Fsp3) is 0.118. The van der Waals surface area contributed by atoms with Crippen LogP contribution in [-0.2, 0) is 13.1 Å². The molecule has 0 aliphatic heterocycles. The minimum atomic E-state index is -0.260. The van der Waals surface area contributed by atoms with E-state index in [1.54, 1.807) is 16.9 Å². The molecule has 1 heterocycles. The molecule has 1 amide bonds. The van der Waals surface area contributed by atoms with Crippen LogP contribution >= 0.6 is 11.6 Å². The second-order valence-corrected chi connectivity index (χ2v) is 5.54. The molecule has 0 bridgehead atoms. The minimum Gasteiger partial charge on any atom is -0.347 e. The summed E-state index contributed by atoms with van der Waals surface area (Å²) >= 11 is 5.92. The van der Waals surface area contributed by atoms with E-state index >= 15 is 0 Å². The zero-order valence-electron chi connectivity index (χ0n) is 12.3. The van der Waals surface area contributed by atoms with E-state index in [0.717, 1.165) is 11.1 Å². The number of carbonyl (C=O) groups is 1. The molecule has 0 aliphatic rings. The first-order chi connectivity index (χ1) is 11.2. The highest BCUT2D eigenvalue weighted by atomic mass is 35.5. The van der Waals surface area contributed by atoms with Crippen molar-refractivity contribution in [2.75, 3.05) is 0 Å². The predicted molar refractivity (Wildman–Crippen MR) is 88.2 cm³/mol. The third kappa shape index (κ3) is 4.17. The number of carbonyl (C=O) groups excluding carboxylic acids is 1. The Morgan fingerprint density at radius 2 is 1.87 bits per heavy atom. The molecule has 0 radical (unpaired) electrons. The lowest BCUT2D eigenvalue weighted by Crippen LogP contribution is -2.23. The fourth-order valence-electron chi connectivity index (χ4n) is 2.17. The van der Waals surface area contributed by atoms with Crippen LogP contribution in [0.2, 0.25) is 5.02 Å². The molecule has 0 spiro atoms. The molecule has 0 aliphatic carbocycles. The van der Waals surface area contributed by atoms with Crippen molar-refractivity contribution >= 4 is 17.5 Å². The van der Waals surface area contributed by atoms with Gasteiger partial charge >= 0.3 is 0 Å². The summed E-state index contributed by atoms with van der Waals surface area (Å²) in [4.78, 5) is 12.1. The molecule has 0 unspecified atom stereocenters. The Hall–Kier alpha value is -2.66. The van der Waals surface area contributed by atoms with Crippen LogP contribution in [0.15, 0.2) is 60.8 Å². The molecular formula is C17H15ClN4O. The summed E-state index contributed by atoms with van der Waals surface area (Å²) in [5.41, 5.74) is 2.33. The molecule has 23 heavy (non-hydrogen) atoms. The van der Waals surface area contributed by atoms with E-state index in [4.69, 9.17) is 11.6 Å². The van der Waals surface area contributed by atoms with Gasteiger partial charge in [0.25, 0.3) is 5.91 Å². The number of amides is 1. The Bertz CT molecular complexity index is 801. The predicted octanol–water partition coefficient (Wildman–Crippen LogP) is 2.91. The lowest BCUT2D eigenvalue weighted by Gasteiger charge is -2.03. The van der Waals surface area contributed by atoms with E-state index in [1.165, 1.54) is 0 Å². The van der Waals surface area contributed by atoms with Gasteiger partial charge in [-0.15, -0.1) is 5.10 Å². The van der Waals surface area contributed by atoms with Crippen LogP contribution in [0.25, 0.3) is 0 Å². The van der Waals surface area contributed by atoms with Gasteiger partial charge in [-0.1, -0.05) is 59.3 Å². The Balaban J connectivity index is 1.60. The summed E-state index contributed by atoms with van der Waals surface area (Å²) in [7, 11) is 0. The molecule has 5 nitrogen and oxygen atoms in total. The first kappa shape index (κ1) is 15.2. The van der Waals surface area contributed by atoms with E-state index in [9.17, 15) is 4.79 Å². The number of hydrogen-bond acceptors (Lipinski definition) is 3. The molecular weight excluding hydrogens is 312 g/mol. The lowest BCUT2D eigenvalue weighted by molar-refractivity contribution is 0.0946. The van der Waals surface area contributed by atoms with Crippen LogP contribution < -0.4 is 5.32 Å². The van der Waals surface area contributed by atoms with Crippen LogP contribution in [0, 0.1) is 0 Å². The number of aromatic nitrogens is 3. The Morgan fingerprint density at radius 3 is 2.65 bits per heavy atom. The van der Waals surface area contributed by atoms with Gasteiger partial charge in [-0.3, -0.25) is 4.79 Å². The summed E-state index contributed by atoms with van der Waals surface area (Å²) in [5, 5.41) is 11.4. The normalized spacial score (nSPS) is 10.5. The quantitative estimate of drug-likeness (QED) is 0.784. The zero-order valence-corrected chi connectivity index (χ0v) is 13.1. The highest BCUT2D eigenvalue weighted by molar-refractivity contribution is 6.30. The molecule has 1 N–H and O–H groups in total. The Morgan fingerprint density at radius 1 is 1.09 bits per heavy atom. The fourth-order valence-corrected chi connectivity index (χ4v) is 2.38. The summed E-state index contributed by atoms with van der Waals surface area (Å²) in [6, 6.07) is 17.2. The number of benzene rings is 2. The van der Waals surface area contributed by atoms with Gasteiger partial charge < -0.3 is 5.32 Å². The number of rotatable bonds is 5. The van der Waals surface area contributed by atoms with Gasteiger partial charge in [0.15, 0.2) is 5.69 Å². The maximum absolute atomic E-state index is 12.1. The molecule has 3 aromatic rings. The van der Waals surface area contributed by atoms with Gasteiger partial charge in [0.1, 0.15) is 0 Å². The third-order valence-corrected chi connectivity index (χ3v) is 3.54. The van der Waals surface area contributed by atoms with Crippen LogP contribution in [-0.4, -0.2) is 20.9 Å². The van der Waals surface area contributed by atoms with Gasteiger partial charge in [-0.25, -0.2) is 4.68 Å². The molecule has 6 heteroatoms. The van der Waals surface area contributed by atoms with Crippen molar-refractivity contribution in [2.45, 2.75) is 13.1 Å². The highest BCUT2D eigenvalue weighted by Crippen LogP contribution is 2.10. The van der Waals surface area contributed by atoms with E-state index < -0.39 is 0 Å². The maximum atomic E-state index is 12.1. The summed E-state index contributed by atoms with van der Waals surface area (Å²) in [6.07, 6.45) is 1.64. The van der Waals surface area contributed by atoms with Crippen LogP contribution in [0.1, 0.15) is 21.6 Å². The van der Waals surface area contributed by atoms with Crippen molar-refractivity contribution in [3.63, 3.8) is 0 Å². The minimum absolute atomic E-state index is 0.260. The molecule has 1 aromatic heterocycles. The van der Waals surface area contributed by atoms with Crippen molar-refractivity contribution in [1.82, 2.24) is 20.3 Å². The largest absolute Gasteiger partial charge is 0.347 e. The van der Waals surface area contributed by atoms with Crippen LogP contribution in [0.4, 0.5) is 0 Å². The maximum Gasteiger partial charge on any atom is 0.273 e. The summed E-state index contributed by atoms with van der Waals surface area (Å²) in [5.74, 6) is -0.260. The van der Waals surface area contributed by atoms with Gasteiger partial charge in [0, 0.05) is 11.6 Å². The van der Waals surface area contributed by atoms with E-state index in [0.29, 0.717) is 23.8 Å². The van der Waals surface area contributed by atoms with Gasteiger partial charge in [-0.05, 0) is 23.3 Å². The average molecular weight is 327 g/mol. The van der Waals surface area contributed by atoms with Crippen LogP contribution in [0.3, 0.4) is 0 Å². The summed E-state index contributed by atoms with van der Waals surface area (Å²) in [6.45, 7) is 0.973. The molecule has 116 valence electrons. The summed E-state index contributed by atoms with van der Waals surface area (Å²) < 4.78 is 1.64. The second-order valence-electron chi connectivity index (χ2n) is 5.10. The van der Waals surface area contributed by atoms with Gasteiger partial charge in [-0.2, -0.15) is 0 Å². The molecule has 0 fully saturated rings. The van der Waals surface area contributed by atoms with Crippen molar-refractivity contribution < 1.29 is 4.79 Å². The number of nitrogens with zero attached hydrogens (tertiary/aromatic N) is 3. The Kier molecular flexibility index (Phi) is 4.68. The molecule has 2 aromatic carbocycles. The monoisotopic (exact) mass is 326 g/mol. The van der Waals surface area contributed by atoms with Crippen molar-refractivity contribution in [1.29, 1.82) is 0 Å². The van der Waals surface area contributed by atoms with Crippen molar-refractivity contribution in [2.24, 2.45) is 0 Å². The third-order valence-electron chi connectivity index (χ3n) is 3.30. The second kappa shape index (κ2) is 7.07. The SMILES string of the molecule is O=C(NCc1cccc(Cl)c1)c1cn(Cc2ccccc2)nn1. The van der Waals surface area contributed by atoms with Crippen LogP contribution in [0.5, 0.6) is 0 Å². The standard InChI is InChI=1S/C17H15ClN4O/c18-15-8-4-7-14(9-15)10-19-17(23)16-12-22(21-20-16)11-13-5-2-1-3-6-13/h1-9,12H,10-11H2,(H,19,23). The van der Waals surface area contributed by atoms with Crippen molar-refractivity contribution in [3.8, 4) is 0 Å². The smallest absolute Gasteiger partial charge is 0.273 e. The van der Waals surface area contributed by atoms with E-state index in [-0.39, 0.29) is 5.91 Å². The molecule has 0 saturated heterocycles. The molecule has 3 rings (SSSR count). The first-order valence-corrected chi connectivity index (χ1v) is 7.55.